The minimum absolute atomic E-state index is 0.0154. The molecule has 1 aliphatic carbocycles. The van der Waals surface area contributed by atoms with Gasteiger partial charge in [-0.25, -0.2) is 0 Å². The molecular weight excluding hydrogens is 421 g/mol. The molecule has 8 heteroatoms. The maximum Gasteiger partial charge on any atom is 0.425 e. The Bertz CT molecular complexity index is 1020. The van der Waals surface area contributed by atoms with Crippen LogP contribution in [0, 0.1) is 25.2 Å². The Hall–Kier alpha value is -2.64. The van der Waals surface area contributed by atoms with Crippen LogP contribution in [0.1, 0.15) is 58.1 Å². The molecule has 0 radical (unpaired) electrons. The average molecular weight is 451 g/mol. The third-order valence-corrected chi connectivity index (χ3v) is 6.12. The van der Waals surface area contributed by atoms with Crippen LogP contribution >= 0.6 is 0 Å². The van der Waals surface area contributed by atoms with Gasteiger partial charge in [-0.15, -0.1) is 0 Å². The summed E-state index contributed by atoms with van der Waals surface area (Å²) >= 11 is 0. The van der Waals surface area contributed by atoms with E-state index in [0.29, 0.717) is 0 Å². The SMILES string of the molecule is Cc1ccc(N2C(=O)[C@](NC(=O)CC(C)C)(C(F)(F)F)C3=C2CC(C)(C)CC3=O)cc1C. The van der Waals surface area contributed by atoms with Crippen molar-refractivity contribution in [2.24, 2.45) is 11.3 Å². The number of rotatable bonds is 4. The lowest BCUT2D eigenvalue weighted by atomic mass is 9.72. The maximum absolute atomic E-state index is 14.7. The van der Waals surface area contributed by atoms with Crippen LogP contribution in [0.2, 0.25) is 0 Å². The lowest BCUT2D eigenvalue weighted by molar-refractivity contribution is -0.190. The zero-order valence-electron chi connectivity index (χ0n) is 19.2. The van der Waals surface area contributed by atoms with Gasteiger partial charge < -0.3 is 5.32 Å². The highest BCUT2D eigenvalue weighted by molar-refractivity contribution is 6.20. The summed E-state index contributed by atoms with van der Waals surface area (Å²) in [5.41, 5.74) is -2.68. The second-order valence-corrected chi connectivity index (χ2v) is 10.1. The van der Waals surface area contributed by atoms with Gasteiger partial charge in [0, 0.05) is 24.2 Å². The average Bonchev–Trinajstić information content (AvgIpc) is 2.84. The van der Waals surface area contributed by atoms with Crippen molar-refractivity contribution < 1.29 is 27.6 Å². The number of hydrogen-bond acceptors (Lipinski definition) is 3. The van der Waals surface area contributed by atoms with Gasteiger partial charge in [-0.2, -0.15) is 13.2 Å². The number of aryl methyl sites for hydroxylation is 2. The van der Waals surface area contributed by atoms with Gasteiger partial charge in [0.05, 0.1) is 5.57 Å². The largest absolute Gasteiger partial charge is 0.425 e. The van der Waals surface area contributed by atoms with Gasteiger partial charge in [0.2, 0.25) is 11.4 Å². The second-order valence-electron chi connectivity index (χ2n) is 10.1. The van der Waals surface area contributed by atoms with Crippen molar-refractivity contribution in [2.45, 2.75) is 72.5 Å². The number of carbonyl (C=O) groups is 3. The summed E-state index contributed by atoms with van der Waals surface area (Å²) in [6.45, 7) is 10.6. The number of ketones is 1. The molecule has 0 saturated heterocycles. The van der Waals surface area contributed by atoms with Gasteiger partial charge in [-0.1, -0.05) is 33.8 Å². The molecule has 0 spiro atoms. The van der Waals surface area contributed by atoms with E-state index in [1.807, 2.05) is 12.2 Å². The molecule has 1 atom stereocenters. The van der Waals surface area contributed by atoms with Crippen molar-refractivity contribution in [3.05, 3.63) is 40.6 Å². The number of carbonyl (C=O) groups excluding carboxylic acids is 3. The lowest BCUT2D eigenvalue weighted by Crippen LogP contribution is -2.66. The van der Waals surface area contributed by atoms with Gasteiger partial charge in [-0.3, -0.25) is 19.3 Å². The summed E-state index contributed by atoms with van der Waals surface area (Å²) in [4.78, 5) is 40.3. The number of hydrogen-bond donors (Lipinski definition) is 1. The van der Waals surface area contributed by atoms with E-state index in [9.17, 15) is 27.6 Å². The summed E-state index contributed by atoms with van der Waals surface area (Å²) in [6.07, 6.45) is -5.43. The fraction of sp³-hybridized carbons (Fsp3) is 0.542. The fourth-order valence-corrected chi connectivity index (χ4v) is 4.52. The van der Waals surface area contributed by atoms with Crippen LogP contribution in [0.5, 0.6) is 0 Å². The predicted octanol–water partition coefficient (Wildman–Crippen LogP) is 4.76. The summed E-state index contributed by atoms with van der Waals surface area (Å²) in [5, 5.41) is 1.96. The van der Waals surface area contributed by atoms with Crippen LogP contribution in [0.3, 0.4) is 0 Å². The topological polar surface area (TPSA) is 66.5 Å². The molecule has 0 saturated carbocycles. The molecule has 1 heterocycles. The number of nitrogens with one attached hydrogen (secondary N) is 1. The maximum atomic E-state index is 14.7. The summed E-state index contributed by atoms with van der Waals surface area (Å²) in [6, 6.07) is 4.92. The van der Waals surface area contributed by atoms with Crippen molar-refractivity contribution in [2.75, 3.05) is 4.90 Å². The summed E-state index contributed by atoms with van der Waals surface area (Å²) < 4.78 is 44.1. The number of anilines is 1. The molecule has 1 N–H and O–H groups in total. The first kappa shape index (κ1) is 24.0. The van der Waals surface area contributed by atoms with Gasteiger partial charge in [0.25, 0.3) is 5.91 Å². The Morgan fingerprint density at radius 3 is 2.28 bits per heavy atom. The number of allylic oxidation sites excluding steroid dienone is 1. The summed E-state index contributed by atoms with van der Waals surface area (Å²) in [7, 11) is 0. The number of halogens is 3. The van der Waals surface area contributed by atoms with Crippen LogP contribution in [0.25, 0.3) is 0 Å². The summed E-state index contributed by atoms with van der Waals surface area (Å²) in [5.74, 6) is -3.27. The molecule has 1 aromatic rings. The van der Waals surface area contributed by atoms with E-state index >= 15 is 0 Å². The van der Waals surface area contributed by atoms with E-state index in [1.165, 1.54) is 0 Å². The number of amides is 2. The normalized spacial score (nSPS) is 23.1. The molecule has 174 valence electrons. The highest BCUT2D eigenvalue weighted by Gasteiger charge is 2.71. The van der Waals surface area contributed by atoms with Crippen LogP contribution in [0.15, 0.2) is 29.5 Å². The monoisotopic (exact) mass is 450 g/mol. The number of Topliss-reactive ketones (excluding diaryl/α,β-unsaturated/α-hetero) is 1. The van der Waals surface area contributed by atoms with E-state index in [2.05, 4.69) is 0 Å². The fourth-order valence-electron chi connectivity index (χ4n) is 4.52. The first-order valence-electron chi connectivity index (χ1n) is 10.7. The Kier molecular flexibility index (Phi) is 5.81. The number of nitrogens with zero attached hydrogens (tertiary/aromatic N) is 1. The molecular formula is C24H29F3N2O3. The number of alkyl halides is 3. The van der Waals surface area contributed by atoms with Crippen LogP contribution < -0.4 is 10.2 Å². The first-order chi connectivity index (χ1) is 14.6. The Morgan fingerprint density at radius 2 is 1.75 bits per heavy atom. The second kappa shape index (κ2) is 7.74. The zero-order chi connectivity index (χ0) is 24.2. The minimum atomic E-state index is -5.19. The van der Waals surface area contributed by atoms with Crippen molar-refractivity contribution >= 4 is 23.3 Å². The van der Waals surface area contributed by atoms with Crippen molar-refractivity contribution in [1.29, 1.82) is 0 Å². The van der Waals surface area contributed by atoms with Gasteiger partial charge >= 0.3 is 6.18 Å². The van der Waals surface area contributed by atoms with Crippen LogP contribution in [0.4, 0.5) is 18.9 Å². The highest BCUT2D eigenvalue weighted by atomic mass is 19.4. The standard InChI is InChI=1S/C24H29F3N2O3/c1-13(2)9-19(31)28-23(24(25,26)27)20-17(11-22(5,6)12-18(20)30)29(21(23)32)16-8-7-14(3)15(4)10-16/h7-8,10,13H,9,11-12H2,1-6H3,(H,28,31)/t23-/m0/s1. The lowest BCUT2D eigenvalue weighted by Gasteiger charge is -2.35. The number of benzene rings is 1. The molecule has 1 aromatic carbocycles. The minimum Gasteiger partial charge on any atom is -0.330 e. The quantitative estimate of drug-likeness (QED) is 0.720. The van der Waals surface area contributed by atoms with Gasteiger partial charge in [-0.05, 0) is 54.9 Å². The van der Waals surface area contributed by atoms with E-state index in [4.69, 9.17) is 0 Å². The molecule has 2 amide bonds. The smallest absolute Gasteiger partial charge is 0.330 e. The molecule has 2 aliphatic rings. The van der Waals surface area contributed by atoms with E-state index in [0.717, 1.165) is 16.0 Å². The van der Waals surface area contributed by atoms with Crippen molar-refractivity contribution in [1.82, 2.24) is 5.32 Å². The first-order valence-corrected chi connectivity index (χ1v) is 10.7. The molecule has 0 bridgehead atoms. The molecule has 0 unspecified atom stereocenters. The highest BCUT2D eigenvalue weighted by Crippen LogP contribution is 2.52. The van der Waals surface area contributed by atoms with Crippen LogP contribution in [-0.2, 0) is 14.4 Å². The Balaban J connectivity index is 2.28. The Labute approximate surface area is 186 Å². The molecule has 0 aromatic heterocycles. The van der Waals surface area contributed by atoms with Crippen molar-refractivity contribution in [3.63, 3.8) is 0 Å². The molecule has 5 nitrogen and oxygen atoms in total. The Morgan fingerprint density at radius 1 is 1.12 bits per heavy atom. The van der Waals surface area contributed by atoms with Crippen LogP contribution in [-0.4, -0.2) is 29.3 Å². The van der Waals surface area contributed by atoms with E-state index < -0.39 is 40.3 Å². The van der Waals surface area contributed by atoms with E-state index in [1.54, 1.807) is 52.8 Å². The zero-order valence-corrected chi connectivity index (χ0v) is 19.2. The molecule has 0 fully saturated rings. The third-order valence-electron chi connectivity index (χ3n) is 6.12. The van der Waals surface area contributed by atoms with Gasteiger partial charge in [0.1, 0.15) is 0 Å². The van der Waals surface area contributed by atoms with Crippen molar-refractivity contribution in [3.8, 4) is 0 Å². The predicted molar refractivity (Wildman–Crippen MR) is 115 cm³/mol. The molecule has 1 aliphatic heterocycles. The van der Waals surface area contributed by atoms with Gasteiger partial charge in [0.15, 0.2) is 5.78 Å². The molecule has 32 heavy (non-hydrogen) atoms. The van der Waals surface area contributed by atoms with E-state index in [-0.39, 0.29) is 36.6 Å². The third kappa shape index (κ3) is 3.84. The molecule has 3 rings (SSSR count).